The molecule has 108 valence electrons. The van der Waals surface area contributed by atoms with Crippen LogP contribution in [-0.2, 0) is 6.42 Å². The van der Waals surface area contributed by atoms with Crippen molar-refractivity contribution in [3.8, 4) is 0 Å². The van der Waals surface area contributed by atoms with Crippen LogP contribution in [0, 0.1) is 6.92 Å². The average Bonchev–Trinajstić information content (AvgIpc) is 3.08. The van der Waals surface area contributed by atoms with Gasteiger partial charge in [-0.3, -0.25) is 4.79 Å². The van der Waals surface area contributed by atoms with Crippen LogP contribution < -0.4 is 5.32 Å². The number of halogens is 1. The largest absolute Gasteiger partial charge is 0.451 e. The molecule has 1 amide bonds. The summed E-state index contributed by atoms with van der Waals surface area (Å²) in [5, 5.41) is 3.79. The predicted octanol–water partition coefficient (Wildman–Crippen LogP) is 3.20. The fourth-order valence-corrected chi connectivity index (χ4v) is 2.58. The number of benzene rings is 1. The second kappa shape index (κ2) is 5.73. The number of carbonyl (C=O) groups is 1. The minimum Gasteiger partial charge on any atom is -0.451 e. The number of carbonyl (C=O) groups excluding carboxylic acids is 1. The number of nitrogens with one attached hydrogen (secondary N) is 2. The summed E-state index contributed by atoms with van der Waals surface area (Å²) in [6.45, 7) is 2.40. The van der Waals surface area contributed by atoms with Gasteiger partial charge in [-0.2, -0.15) is 0 Å². The Labute approximate surface area is 129 Å². The Hall–Kier alpha value is -2.08. The van der Waals surface area contributed by atoms with Gasteiger partial charge in [0.2, 0.25) is 0 Å². The molecule has 1 aromatic carbocycles. The topological polar surface area (TPSA) is 70.9 Å². The number of nitrogens with zero attached hydrogens (tertiary/aromatic N) is 1. The Bertz CT molecular complexity index is 778. The van der Waals surface area contributed by atoms with E-state index in [4.69, 9.17) is 4.42 Å². The highest BCUT2D eigenvalue weighted by Crippen LogP contribution is 2.27. The van der Waals surface area contributed by atoms with Crippen molar-refractivity contribution in [1.29, 1.82) is 0 Å². The van der Waals surface area contributed by atoms with Crippen LogP contribution in [0.15, 0.2) is 39.5 Å². The monoisotopic (exact) mass is 347 g/mol. The molecule has 0 saturated carbocycles. The van der Waals surface area contributed by atoms with Crippen molar-refractivity contribution < 1.29 is 9.21 Å². The molecule has 0 aliphatic rings. The molecule has 3 aromatic rings. The molecule has 0 radical (unpaired) electrons. The molecule has 0 spiro atoms. The molecule has 21 heavy (non-hydrogen) atoms. The van der Waals surface area contributed by atoms with E-state index >= 15 is 0 Å². The Morgan fingerprint density at radius 1 is 1.48 bits per heavy atom. The summed E-state index contributed by atoms with van der Waals surface area (Å²) in [5.41, 5.74) is 1.56. The molecule has 6 heteroatoms. The molecule has 0 fully saturated rings. The smallest absolute Gasteiger partial charge is 0.287 e. The van der Waals surface area contributed by atoms with E-state index in [9.17, 15) is 4.79 Å². The van der Waals surface area contributed by atoms with Crippen molar-refractivity contribution in [3.05, 3.63) is 52.2 Å². The second-order valence-corrected chi connectivity index (χ2v) is 5.65. The molecule has 0 bridgehead atoms. The fourth-order valence-electron chi connectivity index (χ4n) is 2.22. The first-order valence-electron chi connectivity index (χ1n) is 6.60. The summed E-state index contributed by atoms with van der Waals surface area (Å²) in [7, 11) is 0. The summed E-state index contributed by atoms with van der Waals surface area (Å²) >= 11 is 3.42. The van der Waals surface area contributed by atoms with Crippen molar-refractivity contribution in [1.82, 2.24) is 15.3 Å². The number of H-pyrrole nitrogens is 1. The highest BCUT2D eigenvalue weighted by atomic mass is 79.9. The standard InChI is InChI=1S/C15H14BrN3O2/c1-9-11-8-10(16)2-3-12(11)21-14(9)15(20)19-5-4-13-17-6-7-18-13/h2-3,6-8H,4-5H2,1H3,(H,17,18)(H,19,20). The second-order valence-electron chi connectivity index (χ2n) is 4.74. The van der Waals surface area contributed by atoms with E-state index in [1.54, 1.807) is 12.4 Å². The molecule has 3 rings (SSSR count). The summed E-state index contributed by atoms with van der Waals surface area (Å²) < 4.78 is 6.61. The normalized spacial score (nSPS) is 11.0. The molecule has 0 aliphatic heterocycles. The van der Waals surface area contributed by atoms with Crippen molar-refractivity contribution in [2.75, 3.05) is 6.54 Å². The van der Waals surface area contributed by atoms with Gasteiger partial charge in [-0.05, 0) is 25.1 Å². The minimum atomic E-state index is -0.202. The number of amides is 1. The lowest BCUT2D eigenvalue weighted by molar-refractivity contribution is 0.0927. The molecular formula is C15H14BrN3O2. The zero-order valence-electron chi connectivity index (χ0n) is 11.4. The zero-order chi connectivity index (χ0) is 14.8. The van der Waals surface area contributed by atoms with Crippen LogP contribution in [0.5, 0.6) is 0 Å². The van der Waals surface area contributed by atoms with Crippen molar-refractivity contribution in [2.45, 2.75) is 13.3 Å². The van der Waals surface area contributed by atoms with E-state index in [0.717, 1.165) is 21.2 Å². The fraction of sp³-hybridized carbons (Fsp3) is 0.200. The van der Waals surface area contributed by atoms with Gasteiger partial charge in [0.1, 0.15) is 11.4 Å². The molecule has 5 nitrogen and oxygen atoms in total. The molecule has 2 aromatic heterocycles. The van der Waals surface area contributed by atoms with Crippen molar-refractivity contribution in [3.63, 3.8) is 0 Å². The van der Waals surface area contributed by atoms with Gasteiger partial charge in [0, 0.05) is 40.8 Å². The molecule has 2 heterocycles. The van der Waals surface area contributed by atoms with E-state index in [1.165, 1.54) is 0 Å². The van der Waals surface area contributed by atoms with Crippen LogP contribution in [0.4, 0.5) is 0 Å². The number of aryl methyl sites for hydroxylation is 1. The highest BCUT2D eigenvalue weighted by molar-refractivity contribution is 9.10. The van der Waals surface area contributed by atoms with Gasteiger partial charge in [0.25, 0.3) is 5.91 Å². The van der Waals surface area contributed by atoms with Crippen LogP contribution in [0.1, 0.15) is 21.9 Å². The lowest BCUT2D eigenvalue weighted by Crippen LogP contribution is -2.26. The summed E-state index contributed by atoms with van der Waals surface area (Å²) in [6, 6.07) is 5.70. The number of aromatic nitrogens is 2. The summed E-state index contributed by atoms with van der Waals surface area (Å²) in [4.78, 5) is 19.3. The van der Waals surface area contributed by atoms with Crippen LogP contribution >= 0.6 is 15.9 Å². The number of hydrogen-bond acceptors (Lipinski definition) is 3. The molecule has 0 saturated heterocycles. The van der Waals surface area contributed by atoms with Crippen molar-refractivity contribution in [2.24, 2.45) is 0 Å². The maximum atomic E-state index is 12.2. The SMILES string of the molecule is Cc1c(C(=O)NCCc2ncc[nH]2)oc2ccc(Br)cc12. The van der Waals surface area contributed by atoms with Crippen LogP contribution in [-0.4, -0.2) is 22.4 Å². The number of fused-ring (bicyclic) bond motifs is 1. The number of hydrogen-bond donors (Lipinski definition) is 2. The number of furan rings is 1. The van der Waals surface area contributed by atoms with Gasteiger partial charge in [-0.15, -0.1) is 0 Å². The molecule has 0 aliphatic carbocycles. The number of aromatic amines is 1. The first-order valence-corrected chi connectivity index (χ1v) is 7.39. The van der Waals surface area contributed by atoms with Gasteiger partial charge < -0.3 is 14.7 Å². The average molecular weight is 348 g/mol. The summed E-state index contributed by atoms with van der Waals surface area (Å²) in [5.74, 6) is 1.01. The van der Waals surface area contributed by atoms with E-state index in [2.05, 4.69) is 31.2 Å². The van der Waals surface area contributed by atoms with Crippen molar-refractivity contribution >= 4 is 32.8 Å². The van der Waals surface area contributed by atoms with Crippen LogP contribution in [0.2, 0.25) is 0 Å². The first-order chi connectivity index (χ1) is 10.1. The van der Waals surface area contributed by atoms with Gasteiger partial charge in [-0.1, -0.05) is 15.9 Å². The number of rotatable bonds is 4. The Morgan fingerprint density at radius 2 is 2.33 bits per heavy atom. The number of imidazole rings is 1. The Kier molecular flexibility index (Phi) is 3.79. The van der Waals surface area contributed by atoms with E-state index in [-0.39, 0.29) is 5.91 Å². The quantitative estimate of drug-likeness (QED) is 0.761. The Morgan fingerprint density at radius 3 is 3.10 bits per heavy atom. The van der Waals surface area contributed by atoms with Crippen LogP contribution in [0.25, 0.3) is 11.0 Å². The minimum absolute atomic E-state index is 0.202. The van der Waals surface area contributed by atoms with E-state index in [0.29, 0.717) is 24.3 Å². The predicted molar refractivity (Wildman–Crippen MR) is 83.3 cm³/mol. The maximum absolute atomic E-state index is 12.2. The van der Waals surface area contributed by atoms with Gasteiger partial charge in [0.05, 0.1) is 0 Å². The van der Waals surface area contributed by atoms with Gasteiger partial charge in [0.15, 0.2) is 5.76 Å². The maximum Gasteiger partial charge on any atom is 0.287 e. The van der Waals surface area contributed by atoms with Gasteiger partial charge >= 0.3 is 0 Å². The van der Waals surface area contributed by atoms with E-state index in [1.807, 2.05) is 25.1 Å². The molecule has 0 unspecified atom stereocenters. The molecule has 0 atom stereocenters. The molecule has 2 N–H and O–H groups in total. The third kappa shape index (κ3) is 2.85. The third-order valence-corrected chi connectivity index (χ3v) is 3.80. The first kappa shape index (κ1) is 13.9. The molecular weight excluding hydrogens is 334 g/mol. The highest BCUT2D eigenvalue weighted by Gasteiger charge is 2.17. The van der Waals surface area contributed by atoms with Gasteiger partial charge in [-0.25, -0.2) is 4.98 Å². The third-order valence-electron chi connectivity index (χ3n) is 3.31. The van der Waals surface area contributed by atoms with E-state index < -0.39 is 0 Å². The Balaban J connectivity index is 1.73. The summed E-state index contributed by atoms with van der Waals surface area (Å²) in [6.07, 6.45) is 4.11. The zero-order valence-corrected chi connectivity index (χ0v) is 13.0. The van der Waals surface area contributed by atoms with Crippen LogP contribution in [0.3, 0.4) is 0 Å². The lowest BCUT2D eigenvalue weighted by Gasteiger charge is -2.02. The lowest BCUT2D eigenvalue weighted by atomic mass is 10.1.